The first-order chi connectivity index (χ1) is 13.7. The number of rotatable bonds is 7. The number of nitrogens with one attached hydrogen (secondary N) is 2. The van der Waals surface area contributed by atoms with Crippen LogP contribution < -0.4 is 15.4 Å². The average Bonchev–Trinajstić information content (AvgIpc) is 3.10. The zero-order chi connectivity index (χ0) is 19.8. The van der Waals surface area contributed by atoms with Gasteiger partial charge in [0.05, 0.1) is 13.1 Å². The first-order valence-corrected chi connectivity index (χ1v) is 9.33. The Morgan fingerprint density at radius 3 is 2.69 bits per heavy atom. The molecule has 154 valence electrons. The number of halogens is 1. The quantitative estimate of drug-likeness (QED) is 0.290. The summed E-state index contributed by atoms with van der Waals surface area (Å²) < 4.78 is 7.82. The maximum Gasteiger partial charge on any atom is 0.191 e. The summed E-state index contributed by atoms with van der Waals surface area (Å²) >= 11 is 0. The molecule has 0 saturated carbocycles. The van der Waals surface area contributed by atoms with Crippen LogP contribution in [-0.4, -0.2) is 27.3 Å². The van der Waals surface area contributed by atoms with Crippen molar-refractivity contribution in [2.24, 2.45) is 12.0 Å². The van der Waals surface area contributed by atoms with Gasteiger partial charge in [-0.2, -0.15) is 5.10 Å². The van der Waals surface area contributed by atoms with E-state index in [-0.39, 0.29) is 24.0 Å². The van der Waals surface area contributed by atoms with Crippen LogP contribution in [0.3, 0.4) is 0 Å². The molecule has 0 aliphatic heterocycles. The van der Waals surface area contributed by atoms with Crippen molar-refractivity contribution in [2.45, 2.75) is 26.9 Å². The second kappa shape index (κ2) is 11.4. The number of para-hydroxylation sites is 1. The lowest BCUT2D eigenvalue weighted by molar-refractivity contribution is 0.476. The summed E-state index contributed by atoms with van der Waals surface area (Å²) in [6, 6.07) is 16.0. The topological polar surface area (TPSA) is 76.4 Å². The van der Waals surface area contributed by atoms with Gasteiger partial charge in [0.25, 0.3) is 0 Å². The third-order valence-electron chi connectivity index (χ3n) is 4.16. The molecule has 1 heterocycles. The fraction of sp³-hybridized carbons (Fsp3) is 0.286. The summed E-state index contributed by atoms with van der Waals surface area (Å²) in [5, 5.41) is 10.6. The number of aryl methyl sites for hydroxylation is 2. The molecule has 0 aliphatic rings. The van der Waals surface area contributed by atoms with E-state index in [9.17, 15) is 0 Å². The van der Waals surface area contributed by atoms with E-state index in [4.69, 9.17) is 4.74 Å². The number of aromatic nitrogens is 3. The summed E-state index contributed by atoms with van der Waals surface area (Å²) in [6.07, 6.45) is 1.54. The first-order valence-electron chi connectivity index (χ1n) is 9.33. The van der Waals surface area contributed by atoms with Crippen molar-refractivity contribution in [3.05, 3.63) is 71.8 Å². The molecule has 0 bridgehead atoms. The molecule has 0 amide bonds. The molecule has 3 rings (SSSR count). The SMILES string of the molecule is CCNC(=NCc1ccccc1Oc1cccc(C)c1)NCc1ncnn1C.I. The Balaban J connectivity index is 0.00000300. The molecule has 29 heavy (non-hydrogen) atoms. The highest BCUT2D eigenvalue weighted by molar-refractivity contribution is 14.0. The molecule has 1 aromatic heterocycles. The Labute approximate surface area is 188 Å². The molecule has 0 spiro atoms. The number of benzene rings is 2. The minimum atomic E-state index is 0. The van der Waals surface area contributed by atoms with Gasteiger partial charge in [0.1, 0.15) is 23.7 Å². The maximum absolute atomic E-state index is 6.09. The van der Waals surface area contributed by atoms with E-state index in [1.165, 1.54) is 0 Å². The van der Waals surface area contributed by atoms with Crippen LogP contribution in [0.1, 0.15) is 23.9 Å². The van der Waals surface area contributed by atoms with Gasteiger partial charge >= 0.3 is 0 Å². The van der Waals surface area contributed by atoms with Gasteiger partial charge in [0.2, 0.25) is 0 Å². The van der Waals surface area contributed by atoms with Crippen LogP contribution in [0.25, 0.3) is 0 Å². The molecule has 0 radical (unpaired) electrons. The molecule has 0 fully saturated rings. The molecular weight excluding hydrogens is 479 g/mol. The lowest BCUT2D eigenvalue weighted by Gasteiger charge is -2.13. The molecular formula is C21H27IN6O. The van der Waals surface area contributed by atoms with Crippen molar-refractivity contribution < 1.29 is 4.74 Å². The Hall–Kier alpha value is -2.62. The molecule has 8 heteroatoms. The lowest BCUT2D eigenvalue weighted by atomic mass is 10.2. The molecule has 0 unspecified atom stereocenters. The van der Waals surface area contributed by atoms with E-state index in [0.29, 0.717) is 13.1 Å². The smallest absolute Gasteiger partial charge is 0.191 e. The summed E-state index contributed by atoms with van der Waals surface area (Å²) in [6.45, 7) is 5.90. The summed E-state index contributed by atoms with van der Waals surface area (Å²) in [7, 11) is 1.87. The van der Waals surface area contributed by atoms with Crippen LogP contribution in [0.4, 0.5) is 0 Å². The van der Waals surface area contributed by atoms with Gasteiger partial charge in [-0.1, -0.05) is 30.3 Å². The van der Waals surface area contributed by atoms with E-state index >= 15 is 0 Å². The van der Waals surface area contributed by atoms with Crippen LogP contribution in [0.5, 0.6) is 11.5 Å². The number of guanidine groups is 1. The van der Waals surface area contributed by atoms with Crippen molar-refractivity contribution in [1.82, 2.24) is 25.4 Å². The number of hydrogen-bond acceptors (Lipinski definition) is 4. The van der Waals surface area contributed by atoms with Gasteiger partial charge in [-0.25, -0.2) is 9.98 Å². The summed E-state index contributed by atoms with van der Waals surface area (Å²) in [5.41, 5.74) is 2.18. The molecule has 0 aliphatic carbocycles. The van der Waals surface area contributed by atoms with Crippen LogP contribution >= 0.6 is 24.0 Å². The van der Waals surface area contributed by atoms with Gasteiger partial charge in [0, 0.05) is 19.2 Å². The second-order valence-electron chi connectivity index (χ2n) is 6.37. The minimum absolute atomic E-state index is 0. The fourth-order valence-corrected chi connectivity index (χ4v) is 2.69. The zero-order valence-electron chi connectivity index (χ0n) is 16.9. The standard InChI is InChI=1S/C21H26N6O.HI/c1-4-22-21(24-14-20-25-15-26-27(20)3)23-13-17-9-5-6-11-19(17)28-18-10-7-8-16(2)12-18;/h5-12,15H,4,13-14H2,1-3H3,(H2,22,23,24);1H. The van der Waals surface area contributed by atoms with Gasteiger partial charge in [-0.05, 0) is 37.6 Å². The second-order valence-corrected chi connectivity index (χ2v) is 6.37. The Morgan fingerprint density at radius 2 is 1.97 bits per heavy atom. The zero-order valence-corrected chi connectivity index (χ0v) is 19.3. The fourth-order valence-electron chi connectivity index (χ4n) is 2.69. The van der Waals surface area contributed by atoms with Gasteiger partial charge < -0.3 is 15.4 Å². The molecule has 2 N–H and O–H groups in total. The molecule has 0 atom stereocenters. The van der Waals surface area contributed by atoms with Crippen LogP contribution in [-0.2, 0) is 20.1 Å². The molecule has 7 nitrogen and oxygen atoms in total. The van der Waals surface area contributed by atoms with Crippen molar-refractivity contribution in [3.63, 3.8) is 0 Å². The van der Waals surface area contributed by atoms with E-state index < -0.39 is 0 Å². The van der Waals surface area contributed by atoms with Crippen LogP contribution in [0.15, 0.2) is 59.9 Å². The highest BCUT2D eigenvalue weighted by Gasteiger charge is 2.06. The number of nitrogens with zero attached hydrogens (tertiary/aromatic N) is 4. The summed E-state index contributed by atoms with van der Waals surface area (Å²) in [4.78, 5) is 8.91. The predicted molar refractivity (Wildman–Crippen MR) is 126 cm³/mol. The Morgan fingerprint density at radius 1 is 1.14 bits per heavy atom. The molecule has 0 saturated heterocycles. The van der Waals surface area contributed by atoms with Crippen molar-refractivity contribution >= 4 is 29.9 Å². The van der Waals surface area contributed by atoms with E-state index in [2.05, 4.69) is 38.7 Å². The lowest BCUT2D eigenvalue weighted by Crippen LogP contribution is -2.37. The van der Waals surface area contributed by atoms with Crippen molar-refractivity contribution in [3.8, 4) is 11.5 Å². The monoisotopic (exact) mass is 506 g/mol. The highest BCUT2D eigenvalue weighted by atomic mass is 127. The van der Waals surface area contributed by atoms with Gasteiger partial charge in [0.15, 0.2) is 5.96 Å². The normalized spacial score (nSPS) is 10.9. The van der Waals surface area contributed by atoms with E-state index in [0.717, 1.165) is 41.0 Å². The Bertz CT molecular complexity index is 940. The third-order valence-corrected chi connectivity index (χ3v) is 4.16. The Kier molecular flexibility index (Phi) is 8.91. The van der Waals surface area contributed by atoms with Crippen LogP contribution in [0.2, 0.25) is 0 Å². The third kappa shape index (κ3) is 6.74. The maximum atomic E-state index is 6.09. The van der Waals surface area contributed by atoms with Crippen LogP contribution in [0, 0.1) is 6.92 Å². The van der Waals surface area contributed by atoms with Crippen molar-refractivity contribution in [1.29, 1.82) is 0 Å². The number of hydrogen-bond donors (Lipinski definition) is 2. The molecule has 2 aromatic carbocycles. The number of ether oxygens (including phenoxy) is 1. The minimum Gasteiger partial charge on any atom is -0.457 e. The van der Waals surface area contributed by atoms with E-state index in [1.807, 2.05) is 56.4 Å². The van der Waals surface area contributed by atoms with Gasteiger partial charge in [-0.3, -0.25) is 4.68 Å². The summed E-state index contributed by atoms with van der Waals surface area (Å²) in [5.74, 6) is 3.19. The molecule has 3 aromatic rings. The average molecular weight is 506 g/mol. The highest BCUT2D eigenvalue weighted by Crippen LogP contribution is 2.26. The van der Waals surface area contributed by atoms with E-state index in [1.54, 1.807) is 11.0 Å². The first kappa shape index (κ1) is 22.7. The largest absolute Gasteiger partial charge is 0.457 e. The predicted octanol–water partition coefficient (Wildman–Crippen LogP) is 3.79. The number of aliphatic imine (C=N–C) groups is 1. The van der Waals surface area contributed by atoms with Crippen molar-refractivity contribution in [2.75, 3.05) is 6.54 Å². The van der Waals surface area contributed by atoms with Gasteiger partial charge in [-0.15, -0.1) is 24.0 Å².